The van der Waals surface area contributed by atoms with Crippen LogP contribution in [-0.4, -0.2) is 6.54 Å². The highest BCUT2D eigenvalue weighted by Crippen LogP contribution is 2.10. The molecule has 0 aliphatic rings. The van der Waals surface area contributed by atoms with Crippen molar-refractivity contribution in [3.8, 4) is 0 Å². The highest BCUT2D eigenvalue weighted by molar-refractivity contribution is 5.85. The lowest BCUT2D eigenvalue weighted by molar-refractivity contribution is 0.543. The number of rotatable bonds is 13. The first kappa shape index (κ1) is 23.7. The SMILES string of the molecule is CCCCCCCCCCCCNCc1ccccc1.Cl.N. The Bertz CT molecular complexity index is 304. The predicted octanol–water partition coefficient (Wildman–Crippen LogP) is 6.28. The topological polar surface area (TPSA) is 47.0 Å². The molecule has 0 bridgehead atoms. The average Bonchev–Trinajstić information content (AvgIpc) is 2.49. The zero-order valence-corrected chi connectivity index (χ0v) is 15.3. The Labute approximate surface area is 144 Å². The van der Waals surface area contributed by atoms with Crippen LogP contribution >= 0.6 is 12.4 Å². The lowest BCUT2D eigenvalue weighted by Gasteiger charge is -2.05. The Hall–Kier alpha value is -0.570. The molecule has 0 unspecified atom stereocenters. The van der Waals surface area contributed by atoms with Crippen molar-refractivity contribution >= 4 is 12.4 Å². The lowest BCUT2D eigenvalue weighted by atomic mass is 10.1. The molecule has 1 rings (SSSR count). The van der Waals surface area contributed by atoms with E-state index in [-0.39, 0.29) is 18.6 Å². The molecule has 0 saturated heterocycles. The maximum atomic E-state index is 3.53. The van der Waals surface area contributed by atoms with Gasteiger partial charge in [0.15, 0.2) is 0 Å². The molecular formula is C19H37ClN2. The van der Waals surface area contributed by atoms with Gasteiger partial charge in [0.25, 0.3) is 0 Å². The minimum Gasteiger partial charge on any atom is -0.344 e. The Kier molecular flexibility index (Phi) is 19.9. The fourth-order valence-electron chi connectivity index (χ4n) is 2.57. The van der Waals surface area contributed by atoms with Crippen molar-refractivity contribution in [2.24, 2.45) is 0 Å². The van der Waals surface area contributed by atoms with E-state index in [1.54, 1.807) is 0 Å². The van der Waals surface area contributed by atoms with Gasteiger partial charge < -0.3 is 11.5 Å². The van der Waals surface area contributed by atoms with Crippen molar-refractivity contribution in [2.75, 3.05) is 6.54 Å². The second kappa shape index (κ2) is 18.5. The van der Waals surface area contributed by atoms with Crippen molar-refractivity contribution in [3.63, 3.8) is 0 Å². The van der Waals surface area contributed by atoms with Gasteiger partial charge in [-0.3, -0.25) is 0 Å². The largest absolute Gasteiger partial charge is 0.344 e. The molecule has 3 heteroatoms. The van der Waals surface area contributed by atoms with E-state index < -0.39 is 0 Å². The standard InChI is InChI=1S/C19H33N.ClH.H3N/c1-2-3-4-5-6-7-8-9-10-14-17-20-18-19-15-12-11-13-16-19;;/h11-13,15-16,20H,2-10,14,17-18H2,1H3;1H;1H3. The number of benzene rings is 1. The molecule has 0 heterocycles. The summed E-state index contributed by atoms with van der Waals surface area (Å²) in [6.45, 7) is 4.45. The van der Waals surface area contributed by atoms with Gasteiger partial charge in [-0.15, -0.1) is 12.4 Å². The molecule has 0 spiro atoms. The summed E-state index contributed by atoms with van der Waals surface area (Å²) in [6, 6.07) is 10.7. The van der Waals surface area contributed by atoms with Gasteiger partial charge in [0, 0.05) is 6.54 Å². The van der Waals surface area contributed by atoms with Gasteiger partial charge >= 0.3 is 0 Å². The van der Waals surface area contributed by atoms with Crippen LogP contribution in [0.2, 0.25) is 0 Å². The molecule has 1 aromatic rings. The molecule has 0 aliphatic heterocycles. The summed E-state index contributed by atoms with van der Waals surface area (Å²) in [5.41, 5.74) is 1.39. The van der Waals surface area contributed by atoms with Crippen LogP contribution in [-0.2, 0) is 6.54 Å². The summed E-state index contributed by atoms with van der Waals surface area (Å²) in [4.78, 5) is 0. The van der Waals surface area contributed by atoms with Gasteiger partial charge in [0.2, 0.25) is 0 Å². The third kappa shape index (κ3) is 14.4. The van der Waals surface area contributed by atoms with E-state index >= 15 is 0 Å². The summed E-state index contributed by atoms with van der Waals surface area (Å²) in [7, 11) is 0. The Morgan fingerprint density at radius 3 is 1.77 bits per heavy atom. The minimum absolute atomic E-state index is 0. The van der Waals surface area contributed by atoms with E-state index in [0.29, 0.717) is 0 Å². The molecule has 4 N–H and O–H groups in total. The Morgan fingerprint density at radius 1 is 0.727 bits per heavy atom. The molecule has 0 aromatic heterocycles. The summed E-state index contributed by atoms with van der Waals surface area (Å²) >= 11 is 0. The molecule has 0 fully saturated rings. The molecule has 0 atom stereocenters. The van der Waals surface area contributed by atoms with E-state index in [4.69, 9.17) is 0 Å². The molecular weight excluding hydrogens is 292 g/mol. The third-order valence-electron chi connectivity index (χ3n) is 3.88. The summed E-state index contributed by atoms with van der Waals surface area (Å²) < 4.78 is 0. The molecule has 0 amide bonds. The third-order valence-corrected chi connectivity index (χ3v) is 3.88. The lowest BCUT2D eigenvalue weighted by Crippen LogP contribution is -2.14. The molecule has 0 saturated carbocycles. The van der Waals surface area contributed by atoms with E-state index in [0.717, 1.165) is 13.1 Å². The van der Waals surface area contributed by atoms with Crippen molar-refractivity contribution in [3.05, 3.63) is 35.9 Å². The molecule has 1 aromatic carbocycles. The van der Waals surface area contributed by atoms with Crippen molar-refractivity contribution in [2.45, 2.75) is 77.7 Å². The minimum atomic E-state index is 0. The summed E-state index contributed by atoms with van der Waals surface area (Å²) in [6.07, 6.45) is 14.1. The van der Waals surface area contributed by atoms with E-state index in [2.05, 4.69) is 42.6 Å². The van der Waals surface area contributed by atoms with Gasteiger partial charge in [-0.2, -0.15) is 0 Å². The molecule has 0 aliphatic carbocycles. The second-order valence-corrected chi connectivity index (χ2v) is 5.84. The Morgan fingerprint density at radius 2 is 1.23 bits per heavy atom. The fraction of sp³-hybridized carbons (Fsp3) is 0.684. The summed E-state index contributed by atoms with van der Waals surface area (Å²) in [5.74, 6) is 0. The highest BCUT2D eigenvalue weighted by atomic mass is 35.5. The monoisotopic (exact) mass is 328 g/mol. The van der Waals surface area contributed by atoms with E-state index in [1.165, 1.54) is 69.8 Å². The normalized spacial score (nSPS) is 9.86. The highest BCUT2D eigenvalue weighted by Gasteiger charge is 1.93. The number of hydrogen-bond acceptors (Lipinski definition) is 2. The van der Waals surface area contributed by atoms with Gasteiger partial charge in [-0.1, -0.05) is 95.0 Å². The van der Waals surface area contributed by atoms with Crippen LogP contribution in [0.25, 0.3) is 0 Å². The zero-order valence-electron chi connectivity index (χ0n) is 14.5. The van der Waals surface area contributed by atoms with E-state index in [1.807, 2.05) is 0 Å². The van der Waals surface area contributed by atoms with Crippen LogP contribution in [0.3, 0.4) is 0 Å². The quantitative estimate of drug-likeness (QED) is 0.418. The number of unbranched alkanes of at least 4 members (excludes halogenated alkanes) is 9. The van der Waals surface area contributed by atoms with Crippen LogP contribution < -0.4 is 11.5 Å². The van der Waals surface area contributed by atoms with Crippen LogP contribution in [0, 0.1) is 0 Å². The van der Waals surface area contributed by atoms with Crippen LogP contribution in [0.15, 0.2) is 30.3 Å². The first-order chi connectivity index (χ1) is 9.93. The maximum absolute atomic E-state index is 3.53. The smallest absolute Gasteiger partial charge is 0.0205 e. The Balaban J connectivity index is 0. The van der Waals surface area contributed by atoms with Gasteiger partial charge in [-0.05, 0) is 18.5 Å². The fourth-order valence-corrected chi connectivity index (χ4v) is 2.57. The van der Waals surface area contributed by atoms with Crippen molar-refractivity contribution in [1.82, 2.24) is 11.5 Å². The average molecular weight is 329 g/mol. The number of nitrogens with one attached hydrogen (secondary N) is 1. The summed E-state index contributed by atoms with van der Waals surface area (Å²) in [5, 5.41) is 3.53. The molecule has 2 nitrogen and oxygen atoms in total. The molecule has 0 radical (unpaired) electrons. The first-order valence-corrected chi connectivity index (χ1v) is 8.68. The first-order valence-electron chi connectivity index (χ1n) is 8.68. The van der Waals surface area contributed by atoms with Crippen LogP contribution in [0.1, 0.15) is 76.7 Å². The van der Waals surface area contributed by atoms with Crippen molar-refractivity contribution in [1.29, 1.82) is 0 Å². The van der Waals surface area contributed by atoms with Gasteiger partial charge in [0.05, 0.1) is 0 Å². The predicted molar refractivity (Wildman–Crippen MR) is 102 cm³/mol. The molecule has 130 valence electrons. The van der Waals surface area contributed by atoms with Crippen LogP contribution in [0.5, 0.6) is 0 Å². The second-order valence-electron chi connectivity index (χ2n) is 5.84. The number of halogens is 1. The maximum Gasteiger partial charge on any atom is 0.0205 e. The van der Waals surface area contributed by atoms with E-state index in [9.17, 15) is 0 Å². The van der Waals surface area contributed by atoms with Gasteiger partial charge in [0.1, 0.15) is 0 Å². The van der Waals surface area contributed by atoms with Crippen molar-refractivity contribution < 1.29 is 0 Å². The molecule has 22 heavy (non-hydrogen) atoms. The zero-order chi connectivity index (χ0) is 14.3. The number of hydrogen-bond donors (Lipinski definition) is 2. The van der Waals surface area contributed by atoms with Crippen LogP contribution in [0.4, 0.5) is 0 Å². The van der Waals surface area contributed by atoms with Gasteiger partial charge in [-0.25, -0.2) is 0 Å².